The third kappa shape index (κ3) is 2.82. The normalized spacial score (nSPS) is 18.8. The minimum absolute atomic E-state index is 0.0812. The zero-order valence-electron chi connectivity index (χ0n) is 15.3. The fourth-order valence-electron chi connectivity index (χ4n) is 3.90. The van der Waals surface area contributed by atoms with Crippen LogP contribution >= 0.6 is 11.8 Å². The maximum absolute atomic E-state index is 13.4. The standard InChI is InChI=1S/C19H18N6O2S/c1-28-19-20-9-15-17(22-19)24-7-3-6-14(24)10-25(18(15)26)13-5-2-4-12(8-13)16-21-11-27-23-16/h2,4-5,8-9,11,14H,3,6-7,10H2,1H3. The lowest BCUT2D eigenvalue weighted by Crippen LogP contribution is -2.39. The van der Waals surface area contributed by atoms with Crippen LogP contribution in [0.15, 0.2) is 46.5 Å². The van der Waals surface area contributed by atoms with Gasteiger partial charge >= 0.3 is 0 Å². The van der Waals surface area contributed by atoms with E-state index in [1.54, 1.807) is 6.20 Å². The topological polar surface area (TPSA) is 88.2 Å². The van der Waals surface area contributed by atoms with Crippen LogP contribution in [0, 0.1) is 0 Å². The van der Waals surface area contributed by atoms with Gasteiger partial charge in [0.15, 0.2) is 5.16 Å². The Hall–Kier alpha value is -2.94. The summed E-state index contributed by atoms with van der Waals surface area (Å²) in [6.45, 7) is 1.52. The molecule has 2 aromatic heterocycles. The number of aromatic nitrogens is 4. The molecule has 9 heteroatoms. The Labute approximate surface area is 166 Å². The van der Waals surface area contributed by atoms with Gasteiger partial charge in [-0.15, -0.1) is 0 Å². The van der Waals surface area contributed by atoms with Gasteiger partial charge in [0.25, 0.3) is 5.91 Å². The molecule has 142 valence electrons. The zero-order chi connectivity index (χ0) is 19.1. The van der Waals surface area contributed by atoms with E-state index in [-0.39, 0.29) is 11.9 Å². The first kappa shape index (κ1) is 17.2. The number of hydrogen-bond acceptors (Lipinski definition) is 8. The monoisotopic (exact) mass is 394 g/mol. The molecule has 0 radical (unpaired) electrons. The highest BCUT2D eigenvalue weighted by Gasteiger charge is 2.37. The summed E-state index contributed by atoms with van der Waals surface area (Å²) in [6, 6.07) is 7.90. The predicted molar refractivity (Wildman–Crippen MR) is 106 cm³/mol. The summed E-state index contributed by atoms with van der Waals surface area (Å²) in [5.74, 6) is 1.17. The van der Waals surface area contributed by atoms with E-state index in [0.717, 1.165) is 36.5 Å². The lowest BCUT2D eigenvalue weighted by Gasteiger charge is -2.27. The molecule has 4 heterocycles. The molecule has 0 spiro atoms. The van der Waals surface area contributed by atoms with Crippen molar-refractivity contribution in [2.45, 2.75) is 24.0 Å². The number of benzene rings is 1. The van der Waals surface area contributed by atoms with Gasteiger partial charge in [0.05, 0.1) is 0 Å². The van der Waals surface area contributed by atoms with Crippen molar-refractivity contribution in [3.8, 4) is 11.4 Å². The highest BCUT2D eigenvalue weighted by atomic mass is 32.2. The summed E-state index contributed by atoms with van der Waals surface area (Å²) in [6.07, 6.45) is 7.02. The number of rotatable bonds is 3. The summed E-state index contributed by atoms with van der Waals surface area (Å²) in [4.78, 5) is 30.6. The van der Waals surface area contributed by atoms with E-state index in [1.807, 2.05) is 35.4 Å². The number of nitrogens with zero attached hydrogens (tertiary/aromatic N) is 6. The van der Waals surface area contributed by atoms with Crippen molar-refractivity contribution in [3.63, 3.8) is 0 Å². The van der Waals surface area contributed by atoms with E-state index in [2.05, 4.69) is 25.0 Å². The molecular formula is C19H18N6O2S. The average molecular weight is 394 g/mol. The number of hydrogen-bond donors (Lipinski definition) is 0. The molecule has 0 bridgehead atoms. The maximum atomic E-state index is 13.4. The summed E-state index contributed by atoms with van der Waals surface area (Å²) in [5.41, 5.74) is 2.16. The van der Waals surface area contributed by atoms with E-state index in [4.69, 9.17) is 4.52 Å². The number of fused-ring (bicyclic) bond motifs is 3. The van der Waals surface area contributed by atoms with E-state index in [9.17, 15) is 4.79 Å². The van der Waals surface area contributed by atoms with E-state index >= 15 is 0 Å². The van der Waals surface area contributed by atoms with Gasteiger partial charge in [-0.3, -0.25) is 4.79 Å². The van der Waals surface area contributed by atoms with Crippen LogP contribution in [0.4, 0.5) is 11.5 Å². The van der Waals surface area contributed by atoms with Crippen molar-refractivity contribution in [1.82, 2.24) is 20.1 Å². The first-order valence-corrected chi connectivity index (χ1v) is 10.3. The van der Waals surface area contributed by atoms with Crippen molar-refractivity contribution in [2.75, 3.05) is 29.1 Å². The van der Waals surface area contributed by atoms with Crippen molar-refractivity contribution < 1.29 is 9.32 Å². The van der Waals surface area contributed by atoms with Gasteiger partial charge in [-0.2, -0.15) is 4.98 Å². The van der Waals surface area contributed by atoms with Gasteiger partial charge in [0, 0.05) is 36.6 Å². The Balaban J connectivity index is 1.59. The lowest BCUT2D eigenvalue weighted by molar-refractivity contribution is 0.0988. The first-order valence-electron chi connectivity index (χ1n) is 9.11. The van der Waals surface area contributed by atoms with Crippen LogP contribution in [-0.2, 0) is 0 Å². The summed E-state index contributed by atoms with van der Waals surface area (Å²) in [5, 5.41) is 4.58. The van der Waals surface area contributed by atoms with E-state index in [1.165, 1.54) is 18.2 Å². The Morgan fingerprint density at radius 2 is 2.21 bits per heavy atom. The second kappa shape index (κ2) is 6.90. The minimum Gasteiger partial charge on any atom is -0.351 e. The van der Waals surface area contributed by atoms with Gasteiger partial charge in [-0.25, -0.2) is 9.97 Å². The van der Waals surface area contributed by atoms with Crippen molar-refractivity contribution in [2.24, 2.45) is 0 Å². The molecule has 1 aromatic carbocycles. The van der Waals surface area contributed by atoms with Crippen LogP contribution in [0.3, 0.4) is 0 Å². The molecule has 1 atom stereocenters. The fraction of sp³-hybridized carbons (Fsp3) is 0.316. The third-order valence-electron chi connectivity index (χ3n) is 5.22. The van der Waals surface area contributed by atoms with Gasteiger partial charge in [0.2, 0.25) is 12.2 Å². The van der Waals surface area contributed by atoms with Crippen molar-refractivity contribution in [3.05, 3.63) is 42.4 Å². The number of amides is 1. The largest absolute Gasteiger partial charge is 0.351 e. The highest BCUT2D eigenvalue weighted by molar-refractivity contribution is 7.98. The maximum Gasteiger partial charge on any atom is 0.263 e. The molecule has 1 amide bonds. The van der Waals surface area contributed by atoms with Gasteiger partial charge < -0.3 is 14.3 Å². The second-order valence-electron chi connectivity index (χ2n) is 6.80. The molecule has 0 N–H and O–H groups in total. The molecule has 2 aliphatic heterocycles. The predicted octanol–water partition coefficient (Wildman–Crippen LogP) is 2.88. The van der Waals surface area contributed by atoms with Crippen LogP contribution in [0.2, 0.25) is 0 Å². The Morgan fingerprint density at radius 3 is 3.04 bits per heavy atom. The zero-order valence-corrected chi connectivity index (χ0v) is 16.1. The molecule has 3 aromatic rings. The molecule has 8 nitrogen and oxygen atoms in total. The number of carbonyl (C=O) groups is 1. The molecule has 5 rings (SSSR count). The number of carbonyl (C=O) groups excluding carboxylic acids is 1. The Kier molecular flexibility index (Phi) is 4.23. The van der Waals surface area contributed by atoms with Crippen LogP contribution in [0.25, 0.3) is 11.4 Å². The highest BCUT2D eigenvalue weighted by Crippen LogP contribution is 2.35. The second-order valence-corrected chi connectivity index (χ2v) is 7.58. The molecule has 0 saturated carbocycles. The Bertz CT molecular complexity index is 1030. The van der Waals surface area contributed by atoms with Crippen LogP contribution < -0.4 is 9.80 Å². The van der Waals surface area contributed by atoms with Crippen molar-refractivity contribution in [1.29, 1.82) is 0 Å². The fourth-order valence-corrected chi connectivity index (χ4v) is 4.24. The number of anilines is 2. The van der Waals surface area contributed by atoms with Crippen LogP contribution in [0.5, 0.6) is 0 Å². The number of thioether (sulfide) groups is 1. The molecule has 1 unspecified atom stereocenters. The SMILES string of the molecule is CSc1ncc2c(n1)N1CCCC1CN(c1cccc(-c3ncon3)c1)C2=O. The first-order chi connectivity index (χ1) is 13.7. The molecule has 28 heavy (non-hydrogen) atoms. The summed E-state index contributed by atoms with van der Waals surface area (Å²) >= 11 is 1.48. The van der Waals surface area contributed by atoms with Crippen LogP contribution in [0.1, 0.15) is 23.2 Å². The quantitative estimate of drug-likeness (QED) is 0.495. The third-order valence-corrected chi connectivity index (χ3v) is 5.79. The smallest absolute Gasteiger partial charge is 0.263 e. The van der Waals surface area contributed by atoms with Gasteiger partial charge in [-0.1, -0.05) is 29.1 Å². The molecule has 1 saturated heterocycles. The molecule has 2 aliphatic rings. The Morgan fingerprint density at radius 1 is 1.29 bits per heavy atom. The van der Waals surface area contributed by atoms with Crippen molar-refractivity contribution >= 4 is 29.2 Å². The summed E-state index contributed by atoms with van der Waals surface area (Å²) < 4.78 is 4.85. The van der Waals surface area contributed by atoms with E-state index in [0.29, 0.717) is 23.1 Å². The average Bonchev–Trinajstić information content (AvgIpc) is 3.41. The van der Waals surface area contributed by atoms with Crippen LogP contribution in [-0.4, -0.2) is 51.4 Å². The van der Waals surface area contributed by atoms with E-state index < -0.39 is 0 Å². The van der Waals surface area contributed by atoms with Gasteiger partial charge in [-0.05, 0) is 31.2 Å². The molecule has 1 fully saturated rings. The molecular weight excluding hydrogens is 376 g/mol. The lowest BCUT2D eigenvalue weighted by atomic mass is 10.1. The molecule has 0 aliphatic carbocycles. The van der Waals surface area contributed by atoms with Gasteiger partial charge in [0.1, 0.15) is 11.4 Å². The minimum atomic E-state index is -0.0812. The summed E-state index contributed by atoms with van der Waals surface area (Å²) in [7, 11) is 0.